The number of hydrogen-bond acceptors (Lipinski definition) is 5. The topological polar surface area (TPSA) is 89.1 Å². The molecular weight excluding hydrogens is 392 g/mol. The number of aromatic amines is 1. The Morgan fingerprint density at radius 1 is 1.10 bits per heavy atom. The lowest BCUT2D eigenvalue weighted by atomic mass is 9.82. The van der Waals surface area contributed by atoms with E-state index in [1.54, 1.807) is 7.11 Å². The third-order valence-corrected chi connectivity index (χ3v) is 6.61. The molecule has 0 unspecified atom stereocenters. The summed E-state index contributed by atoms with van der Waals surface area (Å²) in [5.74, 6) is 1.81. The Labute approximate surface area is 181 Å². The minimum atomic E-state index is -0.109. The first-order valence-corrected chi connectivity index (χ1v) is 11.1. The molecule has 1 aliphatic carbocycles. The van der Waals surface area contributed by atoms with Gasteiger partial charge in [-0.3, -0.25) is 4.79 Å². The molecule has 31 heavy (non-hydrogen) atoms. The van der Waals surface area contributed by atoms with Gasteiger partial charge in [0, 0.05) is 18.4 Å². The van der Waals surface area contributed by atoms with Crippen LogP contribution in [0.15, 0.2) is 36.4 Å². The molecule has 3 aromatic rings. The third kappa shape index (κ3) is 4.09. The maximum absolute atomic E-state index is 12.6. The SMILES string of the molecule is COc1ccc([C@H]2CNC(=O)[C@@H](Cc3cccc4n[nH]nc34)C2)cc1OC1CCCC1. The molecule has 162 valence electrons. The average Bonchev–Trinajstić information content (AvgIpc) is 3.48. The van der Waals surface area contributed by atoms with Gasteiger partial charge < -0.3 is 14.8 Å². The van der Waals surface area contributed by atoms with Crippen LogP contribution in [0, 0.1) is 5.92 Å². The van der Waals surface area contributed by atoms with Gasteiger partial charge in [-0.25, -0.2) is 0 Å². The van der Waals surface area contributed by atoms with Crippen molar-refractivity contribution in [1.29, 1.82) is 0 Å². The third-order valence-electron chi connectivity index (χ3n) is 6.61. The number of benzene rings is 2. The molecule has 0 radical (unpaired) electrons. The van der Waals surface area contributed by atoms with E-state index in [1.165, 1.54) is 18.4 Å². The summed E-state index contributed by atoms with van der Waals surface area (Å²) < 4.78 is 11.8. The van der Waals surface area contributed by atoms with Gasteiger partial charge in [0.25, 0.3) is 0 Å². The first-order chi connectivity index (χ1) is 15.2. The zero-order valence-electron chi connectivity index (χ0n) is 17.8. The molecule has 1 aromatic heterocycles. The van der Waals surface area contributed by atoms with E-state index >= 15 is 0 Å². The van der Waals surface area contributed by atoms with Gasteiger partial charge in [-0.2, -0.15) is 15.4 Å². The summed E-state index contributed by atoms with van der Waals surface area (Å²) in [6, 6.07) is 12.1. The highest BCUT2D eigenvalue weighted by atomic mass is 16.5. The number of methoxy groups -OCH3 is 1. The van der Waals surface area contributed by atoms with Crippen molar-refractivity contribution in [2.45, 2.75) is 50.5 Å². The van der Waals surface area contributed by atoms with Crippen molar-refractivity contribution < 1.29 is 14.3 Å². The van der Waals surface area contributed by atoms with E-state index in [-0.39, 0.29) is 23.8 Å². The molecule has 7 nitrogen and oxygen atoms in total. The summed E-state index contributed by atoms with van der Waals surface area (Å²) in [5.41, 5.74) is 3.90. The fourth-order valence-corrected chi connectivity index (χ4v) is 4.91. The highest BCUT2D eigenvalue weighted by Gasteiger charge is 2.31. The first kappa shape index (κ1) is 19.8. The van der Waals surface area contributed by atoms with Gasteiger partial charge in [0.05, 0.1) is 13.2 Å². The molecule has 1 saturated carbocycles. The van der Waals surface area contributed by atoms with Gasteiger partial charge in [0.15, 0.2) is 11.5 Å². The molecule has 7 heteroatoms. The lowest BCUT2D eigenvalue weighted by molar-refractivity contribution is -0.126. The minimum absolute atomic E-state index is 0.104. The fraction of sp³-hybridized carbons (Fsp3) is 0.458. The number of nitrogens with zero attached hydrogens (tertiary/aromatic N) is 2. The van der Waals surface area contributed by atoms with Crippen molar-refractivity contribution in [3.63, 3.8) is 0 Å². The lowest BCUT2D eigenvalue weighted by Crippen LogP contribution is -2.41. The van der Waals surface area contributed by atoms with E-state index in [4.69, 9.17) is 9.47 Å². The van der Waals surface area contributed by atoms with Gasteiger partial charge >= 0.3 is 0 Å². The van der Waals surface area contributed by atoms with Crippen molar-refractivity contribution in [3.05, 3.63) is 47.5 Å². The van der Waals surface area contributed by atoms with Crippen molar-refractivity contribution in [2.24, 2.45) is 5.92 Å². The summed E-state index contributed by atoms with van der Waals surface area (Å²) in [6.45, 7) is 0.638. The maximum Gasteiger partial charge on any atom is 0.223 e. The van der Waals surface area contributed by atoms with Crippen LogP contribution < -0.4 is 14.8 Å². The normalized spacial score (nSPS) is 21.9. The Bertz CT molecular complexity index is 1070. The van der Waals surface area contributed by atoms with Gasteiger partial charge in [-0.15, -0.1) is 0 Å². The van der Waals surface area contributed by atoms with Crippen LogP contribution in [-0.2, 0) is 11.2 Å². The van der Waals surface area contributed by atoms with Crippen molar-refractivity contribution in [2.75, 3.05) is 13.7 Å². The van der Waals surface area contributed by atoms with Crippen LogP contribution >= 0.6 is 0 Å². The number of ether oxygens (including phenoxy) is 2. The van der Waals surface area contributed by atoms with E-state index in [0.29, 0.717) is 13.0 Å². The lowest BCUT2D eigenvalue weighted by Gasteiger charge is -2.30. The zero-order valence-corrected chi connectivity index (χ0v) is 17.8. The second-order valence-corrected chi connectivity index (χ2v) is 8.62. The van der Waals surface area contributed by atoms with Crippen molar-refractivity contribution in [1.82, 2.24) is 20.7 Å². The van der Waals surface area contributed by atoms with Crippen LogP contribution in [0.5, 0.6) is 11.5 Å². The predicted octanol–water partition coefficient (Wildman–Crippen LogP) is 3.75. The standard InChI is InChI=1S/C24H28N4O3/c1-30-21-10-9-15(13-22(21)31-19-6-2-3-7-19)18-12-17(24(29)25-14-18)11-16-5-4-8-20-23(16)27-28-26-20/h4-5,8-10,13,17-19H,2-3,6-7,11-12,14H2,1H3,(H,25,29)(H,26,27,28)/t17-,18+/m0/s1. The molecule has 0 bridgehead atoms. The number of carbonyl (C=O) groups excluding carboxylic acids is 1. The summed E-state index contributed by atoms with van der Waals surface area (Å²) in [4.78, 5) is 12.6. The molecule has 1 saturated heterocycles. The number of H-pyrrole nitrogens is 1. The number of rotatable bonds is 6. The Morgan fingerprint density at radius 2 is 1.97 bits per heavy atom. The van der Waals surface area contributed by atoms with Gasteiger partial charge in [0.1, 0.15) is 11.0 Å². The number of hydrogen-bond donors (Lipinski definition) is 2. The van der Waals surface area contributed by atoms with Crippen LogP contribution in [0.25, 0.3) is 11.0 Å². The molecule has 2 heterocycles. The van der Waals surface area contributed by atoms with E-state index in [9.17, 15) is 4.79 Å². The van der Waals surface area contributed by atoms with Crippen molar-refractivity contribution in [3.8, 4) is 11.5 Å². The smallest absolute Gasteiger partial charge is 0.223 e. The Kier molecular flexibility index (Phi) is 5.49. The number of piperidine rings is 1. The molecular formula is C24H28N4O3. The second-order valence-electron chi connectivity index (χ2n) is 8.62. The molecule has 1 amide bonds. The second kappa shape index (κ2) is 8.57. The number of amides is 1. The molecule has 2 fully saturated rings. The van der Waals surface area contributed by atoms with E-state index < -0.39 is 0 Å². The Morgan fingerprint density at radius 3 is 2.81 bits per heavy atom. The number of fused-ring (bicyclic) bond motifs is 1. The molecule has 2 aliphatic rings. The molecule has 0 spiro atoms. The summed E-state index contributed by atoms with van der Waals surface area (Å²) in [6.07, 6.45) is 6.35. The number of aromatic nitrogens is 3. The molecule has 2 N–H and O–H groups in total. The zero-order chi connectivity index (χ0) is 21.2. The molecule has 2 atom stereocenters. The highest BCUT2D eigenvalue weighted by molar-refractivity contribution is 5.82. The number of nitrogens with one attached hydrogen (secondary N) is 2. The average molecular weight is 421 g/mol. The van der Waals surface area contributed by atoms with Crippen LogP contribution in [0.4, 0.5) is 0 Å². The maximum atomic E-state index is 12.6. The van der Waals surface area contributed by atoms with E-state index in [2.05, 4.69) is 32.9 Å². The van der Waals surface area contributed by atoms with Crippen LogP contribution in [-0.4, -0.2) is 41.1 Å². The number of carbonyl (C=O) groups is 1. The largest absolute Gasteiger partial charge is 0.493 e. The number of para-hydroxylation sites is 1. The Hall–Kier alpha value is -3.09. The van der Waals surface area contributed by atoms with Gasteiger partial charge in [-0.1, -0.05) is 18.2 Å². The van der Waals surface area contributed by atoms with E-state index in [0.717, 1.165) is 47.4 Å². The summed E-state index contributed by atoms with van der Waals surface area (Å²) in [7, 11) is 1.68. The summed E-state index contributed by atoms with van der Waals surface area (Å²) >= 11 is 0. The molecule has 1 aliphatic heterocycles. The van der Waals surface area contributed by atoms with Crippen LogP contribution in [0.2, 0.25) is 0 Å². The van der Waals surface area contributed by atoms with E-state index in [1.807, 2.05) is 24.3 Å². The first-order valence-electron chi connectivity index (χ1n) is 11.1. The van der Waals surface area contributed by atoms with Gasteiger partial charge in [-0.05, 0) is 67.9 Å². The summed E-state index contributed by atoms with van der Waals surface area (Å²) in [5, 5.41) is 14.2. The van der Waals surface area contributed by atoms with Crippen molar-refractivity contribution >= 4 is 16.9 Å². The fourth-order valence-electron chi connectivity index (χ4n) is 4.91. The molecule has 5 rings (SSSR count). The Balaban J connectivity index is 1.35. The van der Waals surface area contributed by atoms with Gasteiger partial charge in [0.2, 0.25) is 5.91 Å². The monoisotopic (exact) mass is 420 g/mol. The highest BCUT2D eigenvalue weighted by Crippen LogP contribution is 2.37. The molecule has 2 aromatic carbocycles. The van der Waals surface area contributed by atoms with Crippen LogP contribution in [0.1, 0.15) is 49.1 Å². The minimum Gasteiger partial charge on any atom is -0.493 e. The quantitative estimate of drug-likeness (QED) is 0.634. The predicted molar refractivity (Wildman–Crippen MR) is 117 cm³/mol. The van der Waals surface area contributed by atoms with Crippen LogP contribution in [0.3, 0.4) is 0 Å².